The fraction of sp³-hybridized carbons (Fsp3) is 0.143. The third-order valence-electron chi connectivity index (χ3n) is 5.11. The molecule has 3 aromatic carbocycles. The van der Waals surface area contributed by atoms with Crippen LogP contribution in [0.3, 0.4) is 0 Å². The molecule has 0 saturated carbocycles. The zero-order chi connectivity index (χ0) is 19.9. The van der Waals surface area contributed by atoms with Crippen molar-refractivity contribution >= 4 is 11.6 Å². The molecule has 0 saturated heterocycles. The summed E-state index contributed by atoms with van der Waals surface area (Å²) >= 11 is 0. The van der Waals surface area contributed by atoms with Gasteiger partial charge in [-0.15, -0.1) is 0 Å². The summed E-state index contributed by atoms with van der Waals surface area (Å²) < 4.78 is 6.52. The molecule has 1 aromatic heterocycles. The molecule has 0 radical (unpaired) electrons. The van der Waals surface area contributed by atoms with Gasteiger partial charge in [-0.2, -0.15) is 0 Å². The topological polar surface area (TPSA) is 13.1 Å². The van der Waals surface area contributed by atoms with Gasteiger partial charge in [-0.05, 0) is 41.7 Å². The van der Waals surface area contributed by atoms with Crippen LogP contribution in [0.4, 0.5) is 0 Å². The molecule has 4 aromatic rings. The lowest BCUT2D eigenvalue weighted by atomic mass is 9.99. The minimum Gasteiger partial charge on any atom is -0.456 e. The Hall–Kier alpha value is -3.32. The van der Waals surface area contributed by atoms with Gasteiger partial charge in [0.1, 0.15) is 11.5 Å². The third-order valence-corrected chi connectivity index (χ3v) is 5.11. The molecule has 0 fully saturated rings. The first-order valence-electron chi connectivity index (χ1n) is 10.4. The van der Waals surface area contributed by atoms with E-state index in [2.05, 4.69) is 104 Å². The van der Waals surface area contributed by atoms with Crippen LogP contribution in [0.25, 0.3) is 34.1 Å². The fourth-order valence-corrected chi connectivity index (χ4v) is 3.57. The molecule has 0 N–H and O–H groups in total. The first kappa shape index (κ1) is 19.0. The molecule has 0 atom stereocenters. The van der Waals surface area contributed by atoms with Crippen LogP contribution in [-0.2, 0) is 0 Å². The zero-order valence-corrected chi connectivity index (χ0v) is 16.8. The predicted octanol–water partition coefficient (Wildman–Crippen LogP) is 8.34. The molecule has 1 heteroatoms. The van der Waals surface area contributed by atoms with E-state index in [0.29, 0.717) is 0 Å². The number of furan rings is 1. The lowest BCUT2D eigenvalue weighted by Gasteiger charge is -2.05. The van der Waals surface area contributed by atoms with Gasteiger partial charge >= 0.3 is 0 Å². The standard InChI is InChI=1S/C28H26O/c1-2-3-15-25(20-22-13-7-4-8-14-22)27-21-26(23-16-9-5-10-17-23)28(29-27)24-18-11-6-12-19-24/h4-14,16-21H,2-3,15H2,1H3/b25-20-. The Morgan fingerprint density at radius 1 is 0.759 bits per heavy atom. The molecular formula is C28H26O. The van der Waals surface area contributed by atoms with Crippen molar-refractivity contribution in [2.75, 3.05) is 0 Å². The van der Waals surface area contributed by atoms with E-state index in [9.17, 15) is 0 Å². The molecule has 4 rings (SSSR count). The van der Waals surface area contributed by atoms with Gasteiger partial charge in [0, 0.05) is 11.1 Å². The van der Waals surface area contributed by atoms with Crippen molar-refractivity contribution in [1.29, 1.82) is 0 Å². The second-order valence-electron chi connectivity index (χ2n) is 7.27. The Bertz CT molecular complexity index is 1000. The van der Waals surface area contributed by atoms with Crippen molar-refractivity contribution < 1.29 is 4.42 Å². The molecule has 0 aliphatic carbocycles. The van der Waals surface area contributed by atoms with Crippen molar-refractivity contribution in [2.24, 2.45) is 0 Å². The zero-order valence-electron chi connectivity index (χ0n) is 16.8. The number of unbranched alkanes of at least 4 members (excludes halogenated alkanes) is 1. The number of hydrogen-bond donors (Lipinski definition) is 0. The van der Waals surface area contributed by atoms with E-state index < -0.39 is 0 Å². The van der Waals surface area contributed by atoms with Crippen molar-refractivity contribution in [3.8, 4) is 22.5 Å². The Morgan fingerprint density at radius 3 is 1.97 bits per heavy atom. The largest absolute Gasteiger partial charge is 0.456 e. The molecule has 0 bridgehead atoms. The summed E-state index contributed by atoms with van der Waals surface area (Å²) in [6.45, 7) is 2.23. The minimum atomic E-state index is 0.933. The van der Waals surface area contributed by atoms with Crippen LogP contribution >= 0.6 is 0 Å². The van der Waals surface area contributed by atoms with E-state index >= 15 is 0 Å². The summed E-state index contributed by atoms with van der Waals surface area (Å²) in [4.78, 5) is 0. The van der Waals surface area contributed by atoms with Crippen molar-refractivity contribution in [3.05, 3.63) is 108 Å². The lowest BCUT2D eigenvalue weighted by molar-refractivity contribution is 0.564. The van der Waals surface area contributed by atoms with E-state index in [1.807, 2.05) is 6.07 Å². The average Bonchev–Trinajstić information content (AvgIpc) is 3.24. The minimum absolute atomic E-state index is 0.933. The maximum absolute atomic E-state index is 6.52. The van der Waals surface area contributed by atoms with Gasteiger partial charge in [-0.25, -0.2) is 0 Å². The van der Waals surface area contributed by atoms with Gasteiger partial charge in [0.15, 0.2) is 0 Å². The summed E-state index contributed by atoms with van der Waals surface area (Å²) in [5.74, 6) is 1.89. The highest BCUT2D eigenvalue weighted by molar-refractivity contribution is 5.86. The lowest BCUT2D eigenvalue weighted by Crippen LogP contribution is -1.84. The number of allylic oxidation sites excluding steroid dienone is 1. The van der Waals surface area contributed by atoms with Crippen LogP contribution < -0.4 is 0 Å². The second-order valence-corrected chi connectivity index (χ2v) is 7.27. The highest BCUT2D eigenvalue weighted by Crippen LogP contribution is 2.38. The van der Waals surface area contributed by atoms with Crippen molar-refractivity contribution in [3.63, 3.8) is 0 Å². The van der Waals surface area contributed by atoms with Gasteiger partial charge in [-0.1, -0.05) is 104 Å². The van der Waals surface area contributed by atoms with E-state index in [-0.39, 0.29) is 0 Å². The van der Waals surface area contributed by atoms with Gasteiger partial charge in [0.05, 0.1) is 0 Å². The van der Waals surface area contributed by atoms with E-state index in [4.69, 9.17) is 4.42 Å². The van der Waals surface area contributed by atoms with E-state index in [1.165, 1.54) is 16.7 Å². The Morgan fingerprint density at radius 2 is 1.34 bits per heavy atom. The van der Waals surface area contributed by atoms with Crippen molar-refractivity contribution in [2.45, 2.75) is 26.2 Å². The predicted molar refractivity (Wildman–Crippen MR) is 123 cm³/mol. The molecule has 0 amide bonds. The number of benzene rings is 3. The molecule has 29 heavy (non-hydrogen) atoms. The molecule has 0 aliphatic rings. The summed E-state index contributed by atoms with van der Waals surface area (Å²) in [6.07, 6.45) is 5.56. The summed E-state index contributed by atoms with van der Waals surface area (Å²) in [6, 6.07) is 33.6. The quantitative estimate of drug-likeness (QED) is 0.315. The van der Waals surface area contributed by atoms with Crippen LogP contribution in [0.5, 0.6) is 0 Å². The normalized spacial score (nSPS) is 11.6. The summed E-state index contributed by atoms with van der Waals surface area (Å²) in [7, 11) is 0. The van der Waals surface area contributed by atoms with E-state index in [0.717, 1.165) is 41.9 Å². The van der Waals surface area contributed by atoms with Crippen LogP contribution in [0, 0.1) is 0 Å². The van der Waals surface area contributed by atoms with Gasteiger partial charge in [0.2, 0.25) is 0 Å². The molecule has 144 valence electrons. The summed E-state index contributed by atoms with van der Waals surface area (Å²) in [5.41, 5.74) is 5.88. The second kappa shape index (κ2) is 9.25. The van der Waals surface area contributed by atoms with Crippen LogP contribution in [-0.4, -0.2) is 0 Å². The monoisotopic (exact) mass is 378 g/mol. The Labute approximate surface area is 173 Å². The number of rotatable bonds is 7. The SMILES string of the molecule is CCCC/C(=C/c1ccccc1)c1cc(-c2ccccc2)c(-c2ccccc2)o1. The first-order valence-corrected chi connectivity index (χ1v) is 10.4. The highest BCUT2D eigenvalue weighted by Gasteiger charge is 2.17. The highest BCUT2D eigenvalue weighted by atomic mass is 16.3. The Balaban J connectivity index is 1.84. The van der Waals surface area contributed by atoms with Crippen LogP contribution in [0.2, 0.25) is 0 Å². The molecule has 1 heterocycles. The smallest absolute Gasteiger partial charge is 0.142 e. The molecule has 0 aliphatic heterocycles. The van der Waals surface area contributed by atoms with Gasteiger partial charge in [0.25, 0.3) is 0 Å². The third kappa shape index (κ3) is 4.57. The number of hydrogen-bond acceptors (Lipinski definition) is 1. The van der Waals surface area contributed by atoms with Gasteiger partial charge in [-0.3, -0.25) is 0 Å². The maximum Gasteiger partial charge on any atom is 0.142 e. The first-order chi connectivity index (χ1) is 14.3. The van der Waals surface area contributed by atoms with E-state index in [1.54, 1.807) is 0 Å². The molecule has 1 nitrogen and oxygen atoms in total. The summed E-state index contributed by atoms with van der Waals surface area (Å²) in [5, 5.41) is 0. The van der Waals surface area contributed by atoms with Crippen molar-refractivity contribution in [1.82, 2.24) is 0 Å². The molecular weight excluding hydrogens is 352 g/mol. The molecule has 0 unspecified atom stereocenters. The maximum atomic E-state index is 6.52. The average molecular weight is 379 g/mol. The molecule has 0 spiro atoms. The van der Waals surface area contributed by atoms with Crippen LogP contribution in [0.1, 0.15) is 37.5 Å². The van der Waals surface area contributed by atoms with Crippen LogP contribution in [0.15, 0.2) is 101 Å². The van der Waals surface area contributed by atoms with Gasteiger partial charge < -0.3 is 4.42 Å². The fourth-order valence-electron chi connectivity index (χ4n) is 3.57. The Kier molecular flexibility index (Phi) is 6.07.